The maximum Gasteiger partial charge on any atom is 0.225 e. The van der Waals surface area contributed by atoms with Crippen molar-refractivity contribution in [3.05, 3.63) is 29.3 Å². The smallest absolute Gasteiger partial charge is 0.225 e. The molecule has 1 aromatic rings. The molecular formula is C17H24ClN3O2. The van der Waals surface area contributed by atoms with Crippen molar-refractivity contribution in [2.24, 2.45) is 0 Å². The number of anilines is 1. The molecule has 0 aliphatic carbocycles. The minimum atomic E-state index is -0.0572. The first kappa shape index (κ1) is 17.8. The third-order valence-electron chi connectivity index (χ3n) is 3.91. The van der Waals surface area contributed by atoms with Crippen molar-refractivity contribution in [3.63, 3.8) is 0 Å². The van der Waals surface area contributed by atoms with Crippen LogP contribution in [-0.4, -0.2) is 42.4 Å². The van der Waals surface area contributed by atoms with Crippen LogP contribution >= 0.6 is 11.6 Å². The summed E-state index contributed by atoms with van der Waals surface area (Å²) in [6, 6.07) is 7.04. The number of carbonyl (C=O) groups excluding carboxylic acids is 2. The summed E-state index contributed by atoms with van der Waals surface area (Å²) in [4.78, 5) is 25.8. The number of nitrogens with one attached hydrogen (secondary N) is 2. The monoisotopic (exact) mass is 337 g/mol. The molecule has 2 amide bonds. The molecule has 0 saturated carbocycles. The summed E-state index contributed by atoms with van der Waals surface area (Å²) in [5, 5.41) is 6.70. The predicted octanol–water partition coefficient (Wildman–Crippen LogP) is 2.66. The topological polar surface area (TPSA) is 61.4 Å². The Morgan fingerprint density at radius 1 is 1.22 bits per heavy atom. The van der Waals surface area contributed by atoms with Crippen LogP contribution in [0.3, 0.4) is 0 Å². The van der Waals surface area contributed by atoms with E-state index in [1.165, 1.54) is 0 Å². The van der Waals surface area contributed by atoms with Crippen LogP contribution in [0.15, 0.2) is 24.3 Å². The maximum atomic E-state index is 12.0. The molecule has 1 saturated heterocycles. The van der Waals surface area contributed by atoms with Crippen LogP contribution in [0.2, 0.25) is 5.02 Å². The second kappa shape index (κ2) is 8.89. The summed E-state index contributed by atoms with van der Waals surface area (Å²) in [6.07, 6.45) is 3.07. The van der Waals surface area contributed by atoms with E-state index in [1.807, 2.05) is 11.8 Å². The van der Waals surface area contributed by atoms with Gasteiger partial charge in [0.05, 0.1) is 0 Å². The van der Waals surface area contributed by atoms with Gasteiger partial charge in [0.15, 0.2) is 0 Å². The van der Waals surface area contributed by atoms with Gasteiger partial charge in [-0.3, -0.25) is 9.59 Å². The van der Waals surface area contributed by atoms with Gasteiger partial charge in [0.1, 0.15) is 0 Å². The highest BCUT2D eigenvalue weighted by Crippen LogP contribution is 2.13. The van der Waals surface area contributed by atoms with Gasteiger partial charge in [-0.15, -0.1) is 0 Å². The molecule has 5 nitrogen and oxygen atoms in total. The minimum absolute atomic E-state index is 0.0219. The highest BCUT2D eigenvalue weighted by Gasteiger charge is 2.17. The Balaban J connectivity index is 1.63. The number of amides is 2. The van der Waals surface area contributed by atoms with Gasteiger partial charge in [-0.05, 0) is 44.0 Å². The molecule has 1 fully saturated rings. The van der Waals surface area contributed by atoms with Crippen molar-refractivity contribution in [2.45, 2.75) is 38.6 Å². The molecule has 0 bridgehead atoms. The van der Waals surface area contributed by atoms with Gasteiger partial charge in [0, 0.05) is 49.2 Å². The van der Waals surface area contributed by atoms with Gasteiger partial charge in [-0.1, -0.05) is 11.6 Å². The zero-order chi connectivity index (χ0) is 16.7. The molecule has 6 heteroatoms. The summed E-state index contributed by atoms with van der Waals surface area (Å²) in [6.45, 7) is 4.32. The number of benzene rings is 1. The second-order valence-corrected chi connectivity index (χ2v) is 6.39. The largest absolute Gasteiger partial charge is 0.343 e. The zero-order valence-corrected chi connectivity index (χ0v) is 14.2. The summed E-state index contributed by atoms with van der Waals surface area (Å²) < 4.78 is 0. The lowest BCUT2D eigenvalue weighted by atomic mass is 10.2. The van der Waals surface area contributed by atoms with Crippen LogP contribution in [0.4, 0.5) is 5.69 Å². The molecule has 126 valence electrons. The first-order chi connectivity index (χ1) is 11.0. The van der Waals surface area contributed by atoms with Crippen molar-refractivity contribution < 1.29 is 9.59 Å². The first-order valence-electron chi connectivity index (χ1n) is 8.11. The van der Waals surface area contributed by atoms with Crippen LogP contribution in [0.1, 0.15) is 32.6 Å². The van der Waals surface area contributed by atoms with E-state index in [-0.39, 0.29) is 17.9 Å². The van der Waals surface area contributed by atoms with Gasteiger partial charge in [-0.2, -0.15) is 0 Å². The molecule has 0 aromatic heterocycles. The van der Waals surface area contributed by atoms with E-state index in [4.69, 9.17) is 11.6 Å². The Labute approximate surface area is 142 Å². The number of halogens is 1. The molecule has 1 aromatic carbocycles. The molecule has 1 atom stereocenters. The molecule has 0 spiro atoms. The number of hydrogen-bond donors (Lipinski definition) is 2. The first-order valence-corrected chi connectivity index (χ1v) is 8.49. The number of rotatable bonds is 7. The van der Waals surface area contributed by atoms with Crippen molar-refractivity contribution in [3.8, 4) is 0 Å². The molecule has 23 heavy (non-hydrogen) atoms. The molecule has 2 rings (SSSR count). The number of nitrogens with zero attached hydrogens (tertiary/aromatic N) is 1. The maximum absolute atomic E-state index is 12.0. The lowest BCUT2D eigenvalue weighted by Crippen LogP contribution is -2.35. The van der Waals surface area contributed by atoms with Gasteiger partial charge in [0.25, 0.3) is 0 Å². The Morgan fingerprint density at radius 2 is 1.87 bits per heavy atom. The van der Waals surface area contributed by atoms with Crippen LogP contribution in [0.5, 0.6) is 0 Å². The quantitative estimate of drug-likeness (QED) is 0.804. The highest BCUT2D eigenvalue weighted by atomic mass is 35.5. The molecule has 2 N–H and O–H groups in total. The number of carbonyl (C=O) groups is 2. The third-order valence-corrected chi connectivity index (χ3v) is 4.16. The Morgan fingerprint density at radius 3 is 2.52 bits per heavy atom. The van der Waals surface area contributed by atoms with E-state index < -0.39 is 0 Å². The van der Waals surface area contributed by atoms with Crippen molar-refractivity contribution in [1.82, 2.24) is 10.2 Å². The fourth-order valence-corrected chi connectivity index (χ4v) is 2.77. The van der Waals surface area contributed by atoms with E-state index in [2.05, 4.69) is 10.6 Å². The van der Waals surface area contributed by atoms with Crippen molar-refractivity contribution in [2.75, 3.05) is 25.0 Å². The van der Waals surface area contributed by atoms with Gasteiger partial charge < -0.3 is 15.5 Å². The van der Waals surface area contributed by atoms with E-state index in [1.54, 1.807) is 24.3 Å². The van der Waals surface area contributed by atoms with Gasteiger partial charge in [-0.25, -0.2) is 0 Å². The minimum Gasteiger partial charge on any atom is -0.343 e. The second-order valence-electron chi connectivity index (χ2n) is 5.95. The third kappa shape index (κ3) is 6.20. The molecule has 1 aliphatic heterocycles. The van der Waals surface area contributed by atoms with Gasteiger partial charge in [0.2, 0.25) is 11.8 Å². The number of hydrogen-bond acceptors (Lipinski definition) is 3. The van der Waals surface area contributed by atoms with Crippen molar-refractivity contribution >= 4 is 29.1 Å². The van der Waals surface area contributed by atoms with E-state index in [0.717, 1.165) is 31.6 Å². The van der Waals surface area contributed by atoms with Crippen LogP contribution in [-0.2, 0) is 9.59 Å². The molecule has 0 radical (unpaired) electrons. The van der Waals surface area contributed by atoms with Gasteiger partial charge >= 0.3 is 0 Å². The molecule has 1 aliphatic rings. The SMILES string of the molecule is C[C@@H](CC(=O)Nc1ccc(Cl)cc1)NCCC(=O)N1CCCC1. The average Bonchev–Trinajstić information content (AvgIpc) is 3.03. The van der Waals surface area contributed by atoms with E-state index in [9.17, 15) is 9.59 Å². The standard InChI is InChI=1S/C17H24ClN3O2/c1-13(19-9-8-17(23)21-10-2-3-11-21)12-16(22)20-15-6-4-14(18)5-7-15/h4-7,13,19H,2-3,8-12H2,1H3,(H,20,22)/t13-/m0/s1. The molecular weight excluding hydrogens is 314 g/mol. The van der Waals surface area contributed by atoms with Crippen molar-refractivity contribution in [1.29, 1.82) is 0 Å². The zero-order valence-electron chi connectivity index (χ0n) is 13.5. The van der Waals surface area contributed by atoms with Crippen LogP contribution in [0.25, 0.3) is 0 Å². The number of likely N-dealkylation sites (tertiary alicyclic amines) is 1. The normalized spacial score (nSPS) is 15.5. The molecule has 0 unspecified atom stereocenters. The average molecular weight is 338 g/mol. The van der Waals surface area contributed by atoms with E-state index in [0.29, 0.717) is 24.4 Å². The fraction of sp³-hybridized carbons (Fsp3) is 0.529. The van der Waals surface area contributed by atoms with Crippen LogP contribution in [0, 0.1) is 0 Å². The summed E-state index contributed by atoms with van der Waals surface area (Å²) in [7, 11) is 0. The fourth-order valence-electron chi connectivity index (χ4n) is 2.65. The lowest BCUT2D eigenvalue weighted by molar-refractivity contribution is -0.130. The Kier molecular flexibility index (Phi) is 6.86. The predicted molar refractivity (Wildman–Crippen MR) is 92.6 cm³/mol. The Hall–Kier alpha value is -1.59. The van der Waals surface area contributed by atoms with E-state index >= 15 is 0 Å². The highest BCUT2D eigenvalue weighted by molar-refractivity contribution is 6.30. The lowest BCUT2D eigenvalue weighted by Gasteiger charge is -2.17. The summed E-state index contributed by atoms with van der Waals surface area (Å²) >= 11 is 5.81. The summed E-state index contributed by atoms with van der Waals surface area (Å²) in [5.41, 5.74) is 0.732. The van der Waals surface area contributed by atoms with Crippen LogP contribution < -0.4 is 10.6 Å². The molecule has 1 heterocycles. The Bertz CT molecular complexity index is 527. The summed E-state index contributed by atoms with van der Waals surface area (Å²) in [5.74, 6) is 0.144.